The molecule has 0 bridgehead atoms. The first-order valence-electron chi connectivity index (χ1n) is 9.30. The van der Waals surface area contributed by atoms with Gasteiger partial charge in [0.05, 0.1) is 0 Å². The second-order valence-corrected chi connectivity index (χ2v) is 6.40. The molecule has 118 valence electrons. The molecule has 1 unspecified atom stereocenters. The van der Waals surface area contributed by atoms with Crippen LogP contribution in [0.15, 0.2) is 11.6 Å². The first kappa shape index (κ1) is 17.8. The van der Waals surface area contributed by atoms with Gasteiger partial charge >= 0.3 is 0 Å². The Kier molecular flexibility index (Phi) is 11.0. The molecule has 1 atom stereocenters. The summed E-state index contributed by atoms with van der Waals surface area (Å²) in [5.41, 5.74) is 1.70. The van der Waals surface area contributed by atoms with Crippen LogP contribution in [0.5, 0.6) is 0 Å². The SMILES string of the molecule is CCCCCCCCCCCC(NCC)C1=CCCC1. The molecule has 1 aliphatic carbocycles. The van der Waals surface area contributed by atoms with Gasteiger partial charge in [0.15, 0.2) is 0 Å². The largest absolute Gasteiger partial charge is 0.311 e. The van der Waals surface area contributed by atoms with Gasteiger partial charge in [-0.25, -0.2) is 0 Å². The van der Waals surface area contributed by atoms with E-state index >= 15 is 0 Å². The predicted octanol–water partition coefficient (Wildman–Crippen LogP) is 6.00. The van der Waals surface area contributed by atoms with Crippen molar-refractivity contribution >= 4 is 0 Å². The zero-order valence-electron chi connectivity index (χ0n) is 14.1. The van der Waals surface area contributed by atoms with E-state index in [9.17, 15) is 0 Å². The summed E-state index contributed by atoms with van der Waals surface area (Å²) < 4.78 is 0. The third-order valence-corrected chi connectivity index (χ3v) is 4.57. The van der Waals surface area contributed by atoms with Crippen LogP contribution in [0.1, 0.15) is 97.3 Å². The summed E-state index contributed by atoms with van der Waals surface area (Å²) in [7, 11) is 0. The summed E-state index contributed by atoms with van der Waals surface area (Å²) in [5.74, 6) is 0. The lowest BCUT2D eigenvalue weighted by Gasteiger charge is -2.19. The van der Waals surface area contributed by atoms with Crippen molar-refractivity contribution in [2.24, 2.45) is 0 Å². The highest BCUT2D eigenvalue weighted by molar-refractivity contribution is 5.15. The lowest BCUT2D eigenvalue weighted by atomic mass is 9.99. The minimum atomic E-state index is 0.687. The van der Waals surface area contributed by atoms with Crippen molar-refractivity contribution in [3.05, 3.63) is 11.6 Å². The highest BCUT2D eigenvalue weighted by Crippen LogP contribution is 2.24. The molecule has 1 heteroatoms. The molecular weight excluding hydrogens is 242 g/mol. The molecule has 0 radical (unpaired) electrons. The van der Waals surface area contributed by atoms with E-state index in [1.807, 2.05) is 0 Å². The smallest absolute Gasteiger partial charge is 0.0279 e. The number of allylic oxidation sites excluding steroid dienone is 1. The van der Waals surface area contributed by atoms with Gasteiger partial charge in [-0.2, -0.15) is 0 Å². The number of rotatable bonds is 13. The minimum Gasteiger partial charge on any atom is -0.311 e. The van der Waals surface area contributed by atoms with Gasteiger partial charge < -0.3 is 5.32 Å². The minimum absolute atomic E-state index is 0.687. The Hall–Kier alpha value is -0.300. The Bertz CT molecular complexity index is 244. The molecule has 0 aromatic rings. The molecule has 0 saturated carbocycles. The fourth-order valence-electron chi connectivity index (χ4n) is 3.34. The molecule has 1 rings (SSSR count). The highest BCUT2D eigenvalue weighted by Gasteiger charge is 2.15. The zero-order chi connectivity index (χ0) is 14.5. The van der Waals surface area contributed by atoms with Gasteiger partial charge in [0, 0.05) is 6.04 Å². The van der Waals surface area contributed by atoms with Crippen molar-refractivity contribution in [2.45, 2.75) is 103 Å². The van der Waals surface area contributed by atoms with Crippen molar-refractivity contribution in [3.8, 4) is 0 Å². The van der Waals surface area contributed by atoms with E-state index < -0.39 is 0 Å². The van der Waals surface area contributed by atoms with E-state index in [2.05, 4.69) is 25.2 Å². The molecule has 0 saturated heterocycles. The molecule has 0 aromatic carbocycles. The summed E-state index contributed by atoms with van der Waals surface area (Å²) in [4.78, 5) is 0. The second kappa shape index (κ2) is 12.4. The topological polar surface area (TPSA) is 12.0 Å². The number of nitrogens with one attached hydrogen (secondary N) is 1. The number of unbranched alkanes of at least 4 members (excludes halogenated alkanes) is 8. The number of likely N-dealkylation sites (N-methyl/N-ethyl adjacent to an activating group) is 1. The molecule has 0 heterocycles. The molecule has 0 fully saturated rings. The van der Waals surface area contributed by atoms with E-state index in [0.29, 0.717) is 6.04 Å². The maximum absolute atomic E-state index is 3.68. The van der Waals surface area contributed by atoms with Crippen LogP contribution in [-0.2, 0) is 0 Å². The lowest BCUT2D eigenvalue weighted by Crippen LogP contribution is -2.30. The van der Waals surface area contributed by atoms with E-state index in [1.54, 1.807) is 5.57 Å². The number of hydrogen-bond acceptors (Lipinski definition) is 1. The molecule has 1 aliphatic rings. The standard InChI is InChI=1S/C19H37N/c1-3-5-6-7-8-9-10-11-12-17-19(20-4-2)18-15-13-14-16-18/h15,19-20H,3-14,16-17H2,1-2H3. The van der Waals surface area contributed by atoms with Gasteiger partial charge in [-0.3, -0.25) is 0 Å². The van der Waals surface area contributed by atoms with Crippen molar-refractivity contribution in [3.63, 3.8) is 0 Å². The van der Waals surface area contributed by atoms with Crippen LogP contribution in [0.3, 0.4) is 0 Å². The quantitative estimate of drug-likeness (QED) is 0.322. The molecule has 0 spiro atoms. The van der Waals surface area contributed by atoms with Gasteiger partial charge in [-0.1, -0.05) is 83.3 Å². The van der Waals surface area contributed by atoms with Gasteiger partial charge in [0.2, 0.25) is 0 Å². The van der Waals surface area contributed by atoms with Gasteiger partial charge in [0.1, 0.15) is 0 Å². The van der Waals surface area contributed by atoms with Gasteiger partial charge in [-0.15, -0.1) is 0 Å². The van der Waals surface area contributed by atoms with Gasteiger partial charge in [0.25, 0.3) is 0 Å². The second-order valence-electron chi connectivity index (χ2n) is 6.40. The molecular formula is C19H37N. The van der Waals surface area contributed by atoms with E-state index in [-0.39, 0.29) is 0 Å². The average Bonchev–Trinajstić information content (AvgIpc) is 2.98. The molecule has 0 aromatic heterocycles. The Morgan fingerprint density at radius 3 is 2.15 bits per heavy atom. The third kappa shape index (κ3) is 8.09. The summed E-state index contributed by atoms with van der Waals surface area (Å²) in [6, 6.07) is 0.687. The molecule has 1 N–H and O–H groups in total. The predicted molar refractivity (Wildman–Crippen MR) is 91.2 cm³/mol. The summed E-state index contributed by atoms with van der Waals surface area (Å²) in [6.07, 6.45) is 20.8. The fraction of sp³-hybridized carbons (Fsp3) is 0.895. The van der Waals surface area contributed by atoms with Crippen molar-refractivity contribution in [1.29, 1.82) is 0 Å². The van der Waals surface area contributed by atoms with E-state index in [1.165, 1.54) is 83.5 Å². The zero-order valence-corrected chi connectivity index (χ0v) is 14.1. The average molecular weight is 280 g/mol. The first-order chi connectivity index (χ1) is 9.88. The van der Waals surface area contributed by atoms with Crippen LogP contribution in [0.25, 0.3) is 0 Å². The van der Waals surface area contributed by atoms with E-state index in [0.717, 1.165) is 6.54 Å². The van der Waals surface area contributed by atoms with E-state index in [4.69, 9.17) is 0 Å². The van der Waals surface area contributed by atoms with Crippen LogP contribution >= 0.6 is 0 Å². The summed E-state index contributed by atoms with van der Waals surface area (Å²) in [5, 5.41) is 3.68. The van der Waals surface area contributed by atoms with Crippen LogP contribution in [0.2, 0.25) is 0 Å². The monoisotopic (exact) mass is 279 g/mol. The molecule has 0 aliphatic heterocycles. The Balaban J connectivity index is 1.98. The van der Waals surface area contributed by atoms with Crippen molar-refractivity contribution in [2.75, 3.05) is 6.54 Å². The maximum atomic E-state index is 3.68. The van der Waals surface area contributed by atoms with Crippen LogP contribution < -0.4 is 5.32 Å². The van der Waals surface area contributed by atoms with Gasteiger partial charge in [-0.05, 0) is 32.2 Å². The summed E-state index contributed by atoms with van der Waals surface area (Å²) in [6.45, 7) is 5.64. The Morgan fingerprint density at radius 1 is 0.950 bits per heavy atom. The third-order valence-electron chi connectivity index (χ3n) is 4.57. The number of hydrogen-bond donors (Lipinski definition) is 1. The Morgan fingerprint density at radius 2 is 1.60 bits per heavy atom. The first-order valence-corrected chi connectivity index (χ1v) is 9.30. The van der Waals surface area contributed by atoms with Crippen molar-refractivity contribution in [1.82, 2.24) is 5.32 Å². The molecule has 1 nitrogen and oxygen atoms in total. The lowest BCUT2D eigenvalue weighted by molar-refractivity contribution is 0.493. The maximum Gasteiger partial charge on any atom is 0.0279 e. The van der Waals surface area contributed by atoms with Crippen LogP contribution in [0, 0.1) is 0 Å². The summed E-state index contributed by atoms with van der Waals surface area (Å²) >= 11 is 0. The molecule has 0 amide bonds. The van der Waals surface area contributed by atoms with Crippen LogP contribution in [0.4, 0.5) is 0 Å². The fourth-order valence-corrected chi connectivity index (χ4v) is 3.34. The Labute approximate surface area is 127 Å². The van der Waals surface area contributed by atoms with Crippen LogP contribution in [-0.4, -0.2) is 12.6 Å². The highest BCUT2D eigenvalue weighted by atomic mass is 14.9. The van der Waals surface area contributed by atoms with Crippen molar-refractivity contribution < 1.29 is 0 Å². The normalized spacial score (nSPS) is 16.4. The molecule has 20 heavy (non-hydrogen) atoms.